The van der Waals surface area contributed by atoms with Gasteiger partial charge in [-0.05, 0) is 35.8 Å². The number of carbonyl (C=O) groups excluding carboxylic acids is 1. The molecular weight excluding hydrogens is 308 g/mol. The molecule has 1 heterocycles. The van der Waals surface area contributed by atoms with E-state index in [4.69, 9.17) is 5.26 Å². The second-order valence-corrected chi connectivity index (χ2v) is 5.22. The second-order valence-electron chi connectivity index (χ2n) is 4.30. The quantitative estimate of drug-likeness (QED) is 0.904. The summed E-state index contributed by atoms with van der Waals surface area (Å²) in [6, 6.07) is 3.84. The first-order valence-electron chi connectivity index (χ1n) is 6.02. The lowest BCUT2D eigenvalue weighted by molar-refractivity contribution is 0.0711. The number of aromatic nitrogens is 1. The summed E-state index contributed by atoms with van der Waals surface area (Å²) in [6.07, 6.45) is 1.96. The Morgan fingerprint density at radius 2 is 2.32 bits per heavy atom. The van der Waals surface area contributed by atoms with Gasteiger partial charge in [0.25, 0.3) is 5.91 Å². The largest absolute Gasteiger partial charge is 0.372 e. The van der Waals surface area contributed by atoms with E-state index < -0.39 is 0 Å². The number of hydrogen-bond acceptors (Lipinski definition) is 4. The third kappa shape index (κ3) is 3.93. The van der Waals surface area contributed by atoms with Crippen molar-refractivity contribution in [1.29, 1.82) is 5.26 Å². The van der Waals surface area contributed by atoms with Crippen molar-refractivity contribution in [3.63, 3.8) is 0 Å². The zero-order valence-electron chi connectivity index (χ0n) is 11.3. The fraction of sp³-hybridized carbons (Fsp3) is 0.462. The third-order valence-electron chi connectivity index (χ3n) is 2.67. The molecule has 19 heavy (non-hydrogen) atoms. The summed E-state index contributed by atoms with van der Waals surface area (Å²) in [5, 5.41) is 11.6. The monoisotopic (exact) mass is 324 g/mol. The van der Waals surface area contributed by atoms with Gasteiger partial charge in [0, 0.05) is 30.3 Å². The van der Waals surface area contributed by atoms with E-state index in [0.29, 0.717) is 24.3 Å². The molecule has 1 amide bonds. The molecule has 1 N–H and O–H groups in total. The maximum Gasteiger partial charge on any atom is 0.257 e. The van der Waals surface area contributed by atoms with Gasteiger partial charge in [-0.2, -0.15) is 5.26 Å². The third-order valence-corrected chi connectivity index (χ3v) is 3.10. The van der Waals surface area contributed by atoms with Crippen molar-refractivity contribution in [1.82, 2.24) is 9.88 Å². The highest BCUT2D eigenvalue weighted by Gasteiger charge is 2.21. The van der Waals surface area contributed by atoms with E-state index >= 15 is 0 Å². The Balaban J connectivity index is 3.09. The molecule has 0 fully saturated rings. The number of pyridine rings is 1. The van der Waals surface area contributed by atoms with Crippen LogP contribution in [0, 0.1) is 11.3 Å². The van der Waals surface area contributed by atoms with Gasteiger partial charge < -0.3 is 10.2 Å². The highest BCUT2D eigenvalue weighted by atomic mass is 79.9. The van der Waals surface area contributed by atoms with Crippen LogP contribution in [0.15, 0.2) is 16.7 Å². The van der Waals surface area contributed by atoms with E-state index in [1.165, 1.54) is 0 Å². The first-order chi connectivity index (χ1) is 9.01. The van der Waals surface area contributed by atoms with Crippen molar-refractivity contribution >= 4 is 27.7 Å². The van der Waals surface area contributed by atoms with E-state index in [1.54, 1.807) is 24.2 Å². The number of hydrogen-bond donors (Lipinski definition) is 1. The van der Waals surface area contributed by atoms with E-state index in [9.17, 15) is 4.79 Å². The van der Waals surface area contributed by atoms with E-state index in [2.05, 4.69) is 32.3 Å². The molecule has 0 bridgehead atoms. The molecular formula is C13H17BrN4O. The Bertz CT molecular complexity index is 496. The van der Waals surface area contributed by atoms with Crippen LogP contribution < -0.4 is 5.32 Å². The molecule has 0 radical (unpaired) electrons. The van der Waals surface area contributed by atoms with Crippen molar-refractivity contribution < 1.29 is 4.79 Å². The average molecular weight is 325 g/mol. The van der Waals surface area contributed by atoms with E-state index in [1.807, 2.05) is 13.8 Å². The predicted octanol–water partition coefficient (Wildman–Crippen LogP) is 2.65. The minimum Gasteiger partial charge on any atom is -0.372 e. The number of nitrogens with zero attached hydrogens (tertiary/aromatic N) is 3. The van der Waals surface area contributed by atoms with Gasteiger partial charge in [0.2, 0.25) is 0 Å². The van der Waals surface area contributed by atoms with Gasteiger partial charge in [0.15, 0.2) is 0 Å². The first kappa shape index (κ1) is 15.4. The van der Waals surface area contributed by atoms with Crippen molar-refractivity contribution in [2.75, 3.05) is 18.9 Å². The number of carbonyl (C=O) groups is 1. The number of anilines is 1. The summed E-state index contributed by atoms with van der Waals surface area (Å²) < 4.78 is 0.749. The summed E-state index contributed by atoms with van der Waals surface area (Å²) >= 11 is 3.32. The summed E-state index contributed by atoms with van der Waals surface area (Å²) in [6.45, 7) is 4.28. The fourth-order valence-electron chi connectivity index (χ4n) is 1.72. The molecule has 5 nitrogen and oxygen atoms in total. The fourth-order valence-corrected chi connectivity index (χ4v) is 2.05. The van der Waals surface area contributed by atoms with Gasteiger partial charge >= 0.3 is 0 Å². The maximum absolute atomic E-state index is 12.5. The molecule has 0 atom stereocenters. The smallest absolute Gasteiger partial charge is 0.257 e. The number of nitrogens with one attached hydrogen (secondary N) is 1. The van der Waals surface area contributed by atoms with Gasteiger partial charge in [-0.1, -0.05) is 0 Å². The van der Waals surface area contributed by atoms with Crippen LogP contribution in [-0.2, 0) is 0 Å². The topological polar surface area (TPSA) is 69.0 Å². The standard InChI is InChI=1S/C13H17BrN4O/c1-9(2)18(6-4-5-15)13(19)11-7-10(14)8-17-12(11)16-3/h7-9H,4,6H2,1-3H3,(H,16,17). The Morgan fingerprint density at radius 1 is 1.63 bits per heavy atom. The molecule has 1 aromatic heterocycles. The minimum atomic E-state index is -0.122. The second kappa shape index (κ2) is 7.10. The van der Waals surface area contributed by atoms with Crippen LogP contribution in [0.25, 0.3) is 0 Å². The minimum absolute atomic E-state index is 0.0320. The van der Waals surface area contributed by atoms with E-state index in [-0.39, 0.29) is 11.9 Å². The van der Waals surface area contributed by atoms with Crippen LogP contribution in [0.3, 0.4) is 0 Å². The van der Waals surface area contributed by atoms with Crippen LogP contribution in [0.4, 0.5) is 5.82 Å². The predicted molar refractivity (Wildman–Crippen MR) is 77.9 cm³/mol. The Morgan fingerprint density at radius 3 is 2.84 bits per heavy atom. The Kier molecular flexibility index (Phi) is 5.77. The SMILES string of the molecule is CNc1ncc(Br)cc1C(=O)N(CCC#N)C(C)C. The molecule has 0 unspecified atom stereocenters. The first-order valence-corrected chi connectivity index (χ1v) is 6.81. The van der Waals surface area contributed by atoms with E-state index in [0.717, 1.165) is 4.47 Å². The maximum atomic E-state index is 12.5. The van der Waals surface area contributed by atoms with Crippen molar-refractivity contribution in [3.8, 4) is 6.07 Å². The highest BCUT2D eigenvalue weighted by molar-refractivity contribution is 9.10. The lowest BCUT2D eigenvalue weighted by Gasteiger charge is -2.26. The molecule has 0 saturated heterocycles. The molecule has 102 valence electrons. The summed E-state index contributed by atoms with van der Waals surface area (Å²) in [4.78, 5) is 18.4. The molecule has 6 heteroatoms. The van der Waals surface area contributed by atoms with Crippen molar-refractivity contribution in [3.05, 3.63) is 22.3 Å². The van der Waals surface area contributed by atoms with Gasteiger partial charge in [-0.25, -0.2) is 4.98 Å². The molecule has 1 aromatic rings. The highest BCUT2D eigenvalue weighted by Crippen LogP contribution is 2.20. The summed E-state index contributed by atoms with van der Waals surface area (Å²) in [5.41, 5.74) is 0.503. The Labute approximate surface area is 121 Å². The van der Waals surface area contributed by atoms with Gasteiger partial charge in [0.05, 0.1) is 18.1 Å². The van der Waals surface area contributed by atoms with Gasteiger partial charge in [0.1, 0.15) is 5.82 Å². The van der Waals surface area contributed by atoms with Crippen molar-refractivity contribution in [2.24, 2.45) is 0 Å². The molecule has 0 aromatic carbocycles. The van der Waals surface area contributed by atoms with Crippen molar-refractivity contribution in [2.45, 2.75) is 26.3 Å². The Hall–Kier alpha value is -1.61. The normalized spacial score (nSPS) is 10.1. The lowest BCUT2D eigenvalue weighted by Crippen LogP contribution is -2.38. The zero-order valence-corrected chi connectivity index (χ0v) is 12.9. The van der Waals surface area contributed by atoms with Crippen LogP contribution in [0.5, 0.6) is 0 Å². The number of nitriles is 1. The van der Waals surface area contributed by atoms with Crippen LogP contribution in [0.2, 0.25) is 0 Å². The summed E-state index contributed by atoms with van der Waals surface area (Å²) in [7, 11) is 1.72. The molecule has 0 spiro atoms. The molecule has 0 aliphatic heterocycles. The van der Waals surface area contributed by atoms with Crippen LogP contribution in [-0.4, -0.2) is 35.4 Å². The number of halogens is 1. The van der Waals surface area contributed by atoms with Gasteiger partial charge in [-0.3, -0.25) is 4.79 Å². The van der Waals surface area contributed by atoms with Crippen LogP contribution >= 0.6 is 15.9 Å². The molecule has 0 aliphatic carbocycles. The molecule has 0 aliphatic rings. The molecule has 0 saturated carbocycles. The van der Waals surface area contributed by atoms with Crippen LogP contribution in [0.1, 0.15) is 30.6 Å². The molecule has 1 rings (SSSR count). The lowest BCUT2D eigenvalue weighted by atomic mass is 10.2. The summed E-state index contributed by atoms with van der Waals surface area (Å²) in [5.74, 6) is 0.416. The number of rotatable bonds is 5. The zero-order chi connectivity index (χ0) is 14.4. The number of amides is 1. The average Bonchev–Trinajstić information content (AvgIpc) is 2.38. The van der Waals surface area contributed by atoms with Gasteiger partial charge in [-0.15, -0.1) is 0 Å².